The van der Waals surface area contributed by atoms with Crippen LogP contribution in [0.5, 0.6) is 0 Å². The average molecular weight is 212 g/mol. The van der Waals surface area contributed by atoms with Gasteiger partial charge in [-0.1, -0.05) is 26.8 Å². The molecule has 1 saturated carbocycles. The van der Waals surface area contributed by atoms with Crippen molar-refractivity contribution in [2.24, 2.45) is 0 Å². The van der Waals surface area contributed by atoms with E-state index in [-0.39, 0.29) is 5.41 Å². The fraction of sp³-hybridized carbons (Fsp3) is 0.538. The highest BCUT2D eigenvalue weighted by atomic mass is 19.2. The lowest BCUT2D eigenvalue weighted by Gasteiger charge is -2.12. The van der Waals surface area contributed by atoms with Crippen LogP contribution in [-0.2, 0) is 5.41 Å². The van der Waals surface area contributed by atoms with Crippen molar-refractivity contribution in [3.05, 3.63) is 35.4 Å². The molecule has 1 fully saturated rings. The van der Waals surface area contributed by atoms with Crippen molar-refractivity contribution in [1.82, 2.24) is 0 Å². The summed E-state index contributed by atoms with van der Waals surface area (Å²) >= 11 is 0. The van der Waals surface area contributed by atoms with E-state index in [1.54, 1.807) is 6.07 Å². The van der Waals surface area contributed by atoms with Crippen LogP contribution in [0, 0.1) is 11.6 Å². The fourth-order valence-electron chi connectivity index (χ4n) is 1.82. The zero-order valence-corrected chi connectivity index (χ0v) is 9.61. The maximum Gasteiger partial charge on any atom is 0.159 e. The minimum atomic E-state index is -0.754. The van der Waals surface area contributed by atoms with Gasteiger partial charge in [0.25, 0.3) is 0 Å². The Morgan fingerprint density at radius 2 is 1.73 bits per heavy atom. The average Bonchev–Trinajstić information content (AvgIpc) is 3.06. The molecular formula is C13H18F2. The molecule has 0 bridgehead atoms. The molecule has 0 radical (unpaired) electrons. The second-order valence-corrected chi connectivity index (χ2v) is 3.76. The molecule has 84 valence electrons. The summed E-state index contributed by atoms with van der Waals surface area (Å²) in [5.41, 5.74) is 1.11. The van der Waals surface area contributed by atoms with Gasteiger partial charge in [-0.3, -0.25) is 0 Å². The quantitative estimate of drug-likeness (QED) is 0.680. The largest absolute Gasteiger partial charge is 0.204 e. The molecule has 0 saturated heterocycles. The summed E-state index contributed by atoms with van der Waals surface area (Å²) in [7, 11) is 0. The lowest BCUT2D eigenvalue weighted by atomic mass is 9.93. The first-order valence-electron chi connectivity index (χ1n) is 5.63. The zero-order chi connectivity index (χ0) is 11.5. The van der Waals surface area contributed by atoms with Crippen molar-refractivity contribution in [1.29, 1.82) is 0 Å². The van der Waals surface area contributed by atoms with Gasteiger partial charge >= 0.3 is 0 Å². The molecule has 1 aromatic carbocycles. The highest BCUT2D eigenvalue weighted by molar-refractivity contribution is 5.31. The smallest absolute Gasteiger partial charge is 0.159 e. The predicted molar refractivity (Wildman–Crippen MR) is 58.9 cm³/mol. The van der Waals surface area contributed by atoms with Crippen molar-refractivity contribution in [3.8, 4) is 0 Å². The third-order valence-electron chi connectivity index (χ3n) is 3.06. The van der Waals surface area contributed by atoms with E-state index in [1.807, 2.05) is 13.8 Å². The second-order valence-electron chi connectivity index (χ2n) is 3.76. The first-order valence-corrected chi connectivity index (χ1v) is 5.63. The topological polar surface area (TPSA) is 0 Å². The summed E-state index contributed by atoms with van der Waals surface area (Å²) in [5.74, 6) is -1.48. The molecule has 0 spiro atoms. The van der Waals surface area contributed by atoms with E-state index in [0.29, 0.717) is 0 Å². The van der Waals surface area contributed by atoms with Gasteiger partial charge in [0.15, 0.2) is 11.6 Å². The van der Waals surface area contributed by atoms with Crippen LogP contribution < -0.4 is 0 Å². The van der Waals surface area contributed by atoms with E-state index in [1.165, 1.54) is 12.1 Å². The minimum absolute atomic E-state index is 0.161. The van der Waals surface area contributed by atoms with Crippen molar-refractivity contribution < 1.29 is 8.78 Å². The third kappa shape index (κ3) is 2.36. The zero-order valence-electron chi connectivity index (χ0n) is 9.61. The molecule has 0 nitrogen and oxygen atoms in total. The normalized spacial score (nSPS) is 16.6. The molecule has 1 aliphatic rings. The van der Waals surface area contributed by atoms with Gasteiger partial charge in [-0.25, -0.2) is 8.78 Å². The van der Waals surface area contributed by atoms with Crippen LogP contribution in [0.15, 0.2) is 18.2 Å². The van der Waals surface area contributed by atoms with E-state index in [9.17, 15) is 8.78 Å². The van der Waals surface area contributed by atoms with Crippen LogP contribution in [-0.4, -0.2) is 0 Å². The van der Waals surface area contributed by atoms with E-state index in [2.05, 4.69) is 6.92 Å². The van der Waals surface area contributed by atoms with E-state index < -0.39 is 11.6 Å². The van der Waals surface area contributed by atoms with Gasteiger partial charge in [-0.15, -0.1) is 0 Å². The molecule has 15 heavy (non-hydrogen) atoms. The Morgan fingerprint density at radius 3 is 2.13 bits per heavy atom. The van der Waals surface area contributed by atoms with Gasteiger partial charge in [0, 0.05) is 0 Å². The summed E-state index contributed by atoms with van der Waals surface area (Å²) in [6.45, 7) is 6.09. The second kappa shape index (κ2) is 4.73. The SMILES string of the molecule is CC.CCC1(c2ccc(F)c(F)c2)CC1. The molecule has 2 rings (SSSR count). The minimum Gasteiger partial charge on any atom is -0.204 e. The predicted octanol–water partition coefficient (Wildman–Crippen LogP) is 4.43. The Bertz CT molecular complexity index is 327. The molecule has 0 amide bonds. The number of hydrogen-bond acceptors (Lipinski definition) is 0. The molecule has 1 aromatic rings. The first-order chi connectivity index (χ1) is 7.18. The molecular weight excluding hydrogens is 194 g/mol. The molecule has 0 aliphatic heterocycles. The molecule has 1 aliphatic carbocycles. The van der Waals surface area contributed by atoms with Crippen LogP contribution in [0.4, 0.5) is 8.78 Å². The van der Waals surface area contributed by atoms with Gasteiger partial charge in [-0.05, 0) is 42.4 Å². The summed E-state index contributed by atoms with van der Waals surface area (Å²) in [5, 5.41) is 0. The van der Waals surface area contributed by atoms with Gasteiger partial charge in [0.1, 0.15) is 0 Å². The molecule has 0 heterocycles. The molecule has 0 N–H and O–H groups in total. The Balaban J connectivity index is 0.000000531. The van der Waals surface area contributed by atoms with Gasteiger partial charge in [0.2, 0.25) is 0 Å². The van der Waals surface area contributed by atoms with Gasteiger partial charge in [0.05, 0.1) is 0 Å². The van der Waals surface area contributed by atoms with Crippen molar-refractivity contribution >= 4 is 0 Å². The van der Waals surface area contributed by atoms with E-state index in [0.717, 1.165) is 24.8 Å². The number of rotatable bonds is 2. The van der Waals surface area contributed by atoms with Crippen molar-refractivity contribution in [3.63, 3.8) is 0 Å². The fourth-order valence-corrected chi connectivity index (χ4v) is 1.82. The highest BCUT2D eigenvalue weighted by Gasteiger charge is 2.42. The Morgan fingerprint density at radius 1 is 1.13 bits per heavy atom. The lowest BCUT2D eigenvalue weighted by molar-refractivity contribution is 0.503. The lowest BCUT2D eigenvalue weighted by Crippen LogP contribution is -2.05. The summed E-state index contributed by atoms with van der Waals surface area (Å²) < 4.78 is 25.5. The van der Waals surface area contributed by atoms with E-state index in [4.69, 9.17) is 0 Å². The summed E-state index contributed by atoms with van der Waals surface area (Å²) in [6.07, 6.45) is 3.22. The van der Waals surface area contributed by atoms with Crippen molar-refractivity contribution in [2.75, 3.05) is 0 Å². The van der Waals surface area contributed by atoms with Gasteiger partial charge in [-0.2, -0.15) is 0 Å². The molecule has 0 atom stereocenters. The third-order valence-corrected chi connectivity index (χ3v) is 3.06. The van der Waals surface area contributed by atoms with Crippen LogP contribution in [0.1, 0.15) is 45.6 Å². The molecule has 0 aromatic heterocycles. The first kappa shape index (κ1) is 12.2. The highest BCUT2D eigenvalue weighted by Crippen LogP contribution is 2.50. The Kier molecular flexibility index (Phi) is 3.83. The van der Waals surface area contributed by atoms with Crippen LogP contribution in [0.2, 0.25) is 0 Å². The van der Waals surface area contributed by atoms with E-state index >= 15 is 0 Å². The van der Waals surface area contributed by atoms with Crippen LogP contribution in [0.25, 0.3) is 0 Å². The van der Waals surface area contributed by atoms with Gasteiger partial charge < -0.3 is 0 Å². The summed E-state index contributed by atoms with van der Waals surface area (Å²) in [6, 6.07) is 4.27. The maximum absolute atomic E-state index is 12.9. The molecule has 2 heteroatoms. The Hall–Kier alpha value is -0.920. The van der Waals surface area contributed by atoms with Crippen LogP contribution >= 0.6 is 0 Å². The Labute approximate surface area is 90.3 Å². The standard InChI is InChI=1S/C11H12F2.C2H6/c1-2-11(5-6-11)8-3-4-9(12)10(13)7-8;1-2/h3-4,7H,2,5-6H2,1H3;1-2H3. The number of benzene rings is 1. The number of halogens is 2. The summed E-state index contributed by atoms with van der Waals surface area (Å²) in [4.78, 5) is 0. The van der Waals surface area contributed by atoms with Crippen LogP contribution in [0.3, 0.4) is 0 Å². The molecule has 0 unspecified atom stereocenters. The maximum atomic E-state index is 12.9. The monoisotopic (exact) mass is 212 g/mol. The van der Waals surface area contributed by atoms with Crippen molar-refractivity contribution in [2.45, 2.75) is 45.4 Å². The number of hydrogen-bond donors (Lipinski definition) is 0.